The van der Waals surface area contributed by atoms with Crippen molar-refractivity contribution in [1.82, 2.24) is 15.2 Å². The Kier molecular flexibility index (Phi) is 7.90. The van der Waals surface area contributed by atoms with E-state index in [4.69, 9.17) is 14.5 Å². The SMILES string of the molecule is CCNC(=NCCc1ccncc1C)N1CCC(OCC2CCCO2)CC1. The van der Waals surface area contributed by atoms with E-state index in [0.29, 0.717) is 12.2 Å². The molecule has 3 rings (SSSR count). The van der Waals surface area contributed by atoms with Crippen molar-refractivity contribution >= 4 is 5.96 Å². The van der Waals surface area contributed by atoms with Crippen LogP contribution in [0.25, 0.3) is 0 Å². The first-order valence-electron chi connectivity index (χ1n) is 10.4. The number of aliphatic imine (C=N–C) groups is 1. The van der Waals surface area contributed by atoms with Crippen LogP contribution >= 0.6 is 0 Å². The zero-order valence-corrected chi connectivity index (χ0v) is 16.8. The third-order valence-corrected chi connectivity index (χ3v) is 5.40. The molecule has 1 atom stereocenters. The van der Waals surface area contributed by atoms with Crippen molar-refractivity contribution < 1.29 is 9.47 Å². The summed E-state index contributed by atoms with van der Waals surface area (Å²) in [4.78, 5) is 11.4. The number of rotatable bonds is 7. The maximum absolute atomic E-state index is 6.09. The number of hydrogen-bond donors (Lipinski definition) is 1. The van der Waals surface area contributed by atoms with Gasteiger partial charge in [0.05, 0.1) is 18.8 Å². The Morgan fingerprint density at radius 1 is 1.37 bits per heavy atom. The Morgan fingerprint density at radius 2 is 2.22 bits per heavy atom. The van der Waals surface area contributed by atoms with Crippen LogP contribution in [-0.4, -0.2) is 67.4 Å². The second kappa shape index (κ2) is 10.6. The zero-order chi connectivity index (χ0) is 18.9. The van der Waals surface area contributed by atoms with Crippen molar-refractivity contribution in [3.05, 3.63) is 29.6 Å². The highest BCUT2D eigenvalue weighted by atomic mass is 16.5. The number of pyridine rings is 1. The summed E-state index contributed by atoms with van der Waals surface area (Å²) in [6.07, 6.45) is 9.84. The molecule has 1 aromatic rings. The van der Waals surface area contributed by atoms with E-state index in [9.17, 15) is 0 Å². The van der Waals surface area contributed by atoms with Crippen molar-refractivity contribution in [3.63, 3.8) is 0 Å². The predicted octanol–water partition coefficient (Wildman–Crippen LogP) is 2.56. The van der Waals surface area contributed by atoms with Gasteiger partial charge in [-0.1, -0.05) is 0 Å². The van der Waals surface area contributed by atoms with Gasteiger partial charge in [0, 0.05) is 45.2 Å². The maximum Gasteiger partial charge on any atom is 0.193 e. The monoisotopic (exact) mass is 374 g/mol. The number of nitrogens with zero attached hydrogens (tertiary/aromatic N) is 3. The number of aryl methyl sites for hydroxylation is 1. The van der Waals surface area contributed by atoms with Gasteiger partial charge < -0.3 is 19.7 Å². The maximum atomic E-state index is 6.09. The van der Waals surface area contributed by atoms with Crippen LogP contribution in [0.4, 0.5) is 0 Å². The van der Waals surface area contributed by atoms with Gasteiger partial charge in [-0.15, -0.1) is 0 Å². The summed E-state index contributed by atoms with van der Waals surface area (Å²) >= 11 is 0. The molecule has 2 saturated heterocycles. The highest BCUT2D eigenvalue weighted by Crippen LogP contribution is 2.18. The summed E-state index contributed by atoms with van der Waals surface area (Å²) in [7, 11) is 0. The molecule has 0 radical (unpaired) electrons. The molecule has 3 heterocycles. The lowest BCUT2D eigenvalue weighted by Gasteiger charge is -2.34. The van der Waals surface area contributed by atoms with Gasteiger partial charge in [0.15, 0.2) is 5.96 Å². The van der Waals surface area contributed by atoms with Crippen LogP contribution in [0.5, 0.6) is 0 Å². The van der Waals surface area contributed by atoms with Crippen LogP contribution in [0.3, 0.4) is 0 Å². The van der Waals surface area contributed by atoms with Gasteiger partial charge in [0.1, 0.15) is 0 Å². The predicted molar refractivity (Wildman–Crippen MR) is 108 cm³/mol. The Labute approximate surface area is 163 Å². The van der Waals surface area contributed by atoms with Crippen LogP contribution in [-0.2, 0) is 15.9 Å². The average molecular weight is 375 g/mol. The van der Waals surface area contributed by atoms with Crippen molar-refractivity contribution in [2.45, 2.75) is 58.2 Å². The zero-order valence-electron chi connectivity index (χ0n) is 16.8. The van der Waals surface area contributed by atoms with Crippen molar-refractivity contribution in [1.29, 1.82) is 0 Å². The lowest BCUT2D eigenvalue weighted by atomic mass is 10.1. The van der Waals surface area contributed by atoms with E-state index in [0.717, 1.165) is 71.0 Å². The van der Waals surface area contributed by atoms with Gasteiger partial charge in [-0.3, -0.25) is 9.98 Å². The lowest BCUT2D eigenvalue weighted by Crippen LogP contribution is -2.47. The number of nitrogens with one attached hydrogen (secondary N) is 1. The first-order chi connectivity index (χ1) is 13.3. The minimum Gasteiger partial charge on any atom is -0.376 e. The number of likely N-dealkylation sites (tertiary alicyclic amines) is 1. The molecule has 0 aromatic carbocycles. The third kappa shape index (κ3) is 6.18. The Hall–Kier alpha value is -1.66. The Morgan fingerprint density at radius 3 is 2.93 bits per heavy atom. The average Bonchev–Trinajstić information content (AvgIpc) is 3.21. The van der Waals surface area contributed by atoms with Crippen LogP contribution in [0.15, 0.2) is 23.5 Å². The molecule has 1 aromatic heterocycles. The van der Waals surface area contributed by atoms with E-state index in [1.54, 1.807) is 0 Å². The number of aromatic nitrogens is 1. The van der Waals surface area contributed by atoms with E-state index in [1.165, 1.54) is 17.5 Å². The standard InChI is InChI=1S/C21H34N4O2/c1-3-23-21(24-11-7-18-6-10-22-15-17(18)2)25-12-8-19(9-13-25)27-16-20-5-4-14-26-20/h6,10,15,19-20H,3-5,7-9,11-14,16H2,1-2H3,(H,23,24). The first kappa shape index (κ1) is 20.1. The Bertz CT molecular complexity index is 594. The van der Waals surface area contributed by atoms with Gasteiger partial charge in [-0.05, 0) is 63.1 Å². The van der Waals surface area contributed by atoms with Crippen LogP contribution in [0, 0.1) is 6.92 Å². The number of guanidine groups is 1. The summed E-state index contributed by atoms with van der Waals surface area (Å²) in [5, 5.41) is 3.45. The molecule has 2 aliphatic rings. The molecule has 0 aliphatic carbocycles. The summed E-state index contributed by atoms with van der Waals surface area (Å²) in [6, 6.07) is 2.09. The summed E-state index contributed by atoms with van der Waals surface area (Å²) in [6.45, 7) is 9.56. The fourth-order valence-electron chi connectivity index (χ4n) is 3.74. The molecule has 1 unspecified atom stereocenters. The van der Waals surface area contributed by atoms with E-state index in [-0.39, 0.29) is 0 Å². The third-order valence-electron chi connectivity index (χ3n) is 5.40. The number of piperidine rings is 1. The highest BCUT2D eigenvalue weighted by Gasteiger charge is 2.24. The summed E-state index contributed by atoms with van der Waals surface area (Å²) in [5.74, 6) is 1.03. The molecule has 0 saturated carbocycles. The molecule has 150 valence electrons. The van der Waals surface area contributed by atoms with Crippen LogP contribution in [0.2, 0.25) is 0 Å². The normalized spacial score (nSPS) is 21.6. The quantitative estimate of drug-likeness (QED) is 0.587. The smallest absolute Gasteiger partial charge is 0.193 e. The molecule has 27 heavy (non-hydrogen) atoms. The molecule has 2 aliphatic heterocycles. The van der Waals surface area contributed by atoms with E-state index >= 15 is 0 Å². The van der Waals surface area contributed by atoms with Gasteiger partial charge in [-0.2, -0.15) is 0 Å². The second-order valence-electron chi connectivity index (χ2n) is 7.44. The van der Waals surface area contributed by atoms with Gasteiger partial charge in [-0.25, -0.2) is 0 Å². The first-order valence-corrected chi connectivity index (χ1v) is 10.4. The Balaban J connectivity index is 1.44. The van der Waals surface area contributed by atoms with Gasteiger partial charge in [0.2, 0.25) is 0 Å². The molecule has 2 fully saturated rings. The van der Waals surface area contributed by atoms with E-state index in [1.807, 2.05) is 12.4 Å². The fourth-order valence-corrected chi connectivity index (χ4v) is 3.74. The molecular weight excluding hydrogens is 340 g/mol. The topological polar surface area (TPSA) is 59.0 Å². The fraction of sp³-hybridized carbons (Fsp3) is 0.714. The molecule has 0 spiro atoms. The van der Waals surface area contributed by atoms with Crippen LogP contribution in [0.1, 0.15) is 43.7 Å². The second-order valence-corrected chi connectivity index (χ2v) is 7.44. The highest BCUT2D eigenvalue weighted by molar-refractivity contribution is 5.80. The molecule has 0 amide bonds. The van der Waals surface area contributed by atoms with E-state index in [2.05, 4.69) is 35.1 Å². The van der Waals surface area contributed by atoms with E-state index < -0.39 is 0 Å². The lowest BCUT2D eigenvalue weighted by molar-refractivity contribution is -0.0367. The van der Waals surface area contributed by atoms with Gasteiger partial charge in [0.25, 0.3) is 0 Å². The van der Waals surface area contributed by atoms with Crippen molar-refractivity contribution in [3.8, 4) is 0 Å². The molecule has 1 N–H and O–H groups in total. The minimum absolute atomic E-state index is 0.318. The molecular formula is C21H34N4O2. The number of hydrogen-bond acceptors (Lipinski definition) is 4. The molecule has 0 bridgehead atoms. The van der Waals surface area contributed by atoms with Crippen molar-refractivity contribution in [2.75, 3.05) is 39.4 Å². The minimum atomic E-state index is 0.318. The molecule has 6 heteroatoms. The number of ether oxygens (including phenoxy) is 2. The van der Waals surface area contributed by atoms with Crippen molar-refractivity contribution in [2.24, 2.45) is 4.99 Å². The largest absolute Gasteiger partial charge is 0.376 e. The summed E-state index contributed by atoms with van der Waals surface area (Å²) in [5.41, 5.74) is 2.56. The van der Waals surface area contributed by atoms with Crippen LogP contribution < -0.4 is 5.32 Å². The summed E-state index contributed by atoms with van der Waals surface area (Å²) < 4.78 is 11.7. The van der Waals surface area contributed by atoms with Gasteiger partial charge >= 0.3 is 0 Å². The molecule has 6 nitrogen and oxygen atoms in total.